The van der Waals surface area contributed by atoms with E-state index in [1.54, 1.807) is 32.1 Å². The van der Waals surface area contributed by atoms with Gasteiger partial charge in [-0.1, -0.05) is 35.9 Å². The zero-order valence-electron chi connectivity index (χ0n) is 22.0. The molecule has 1 aromatic heterocycles. The van der Waals surface area contributed by atoms with Crippen molar-refractivity contribution in [3.63, 3.8) is 0 Å². The van der Waals surface area contributed by atoms with Crippen LogP contribution in [0.15, 0.2) is 78.8 Å². The number of hydrogen-bond acceptors (Lipinski definition) is 7. The first kappa shape index (κ1) is 25.2. The Bertz CT molecular complexity index is 1260. The van der Waals surface area contributed by atoms with Crippen LogP contribution in [0.25, 0.3) is 10.9 Å². The van der Waals surface area contributed by atoms with Crippen LogP contribution in [0.3, 0.4) is 0 Å². The number of aliphatic hydroxyl groups is 1. The van der Waals surface area contributed by atoms with Gasteiger partial charge in [0.2, 0.25) is 0 Å². The van der Waals surface area contributed by atoms with Gasteiger partial charge >= 0.3 is 0 Å². The number of aliphatic hydroxyl groups excluding tert-OH is 1. The van der Waals surface area contributed by atoms with Crippen molar-refractivity contribution in [2.75, 3.05) is 13.7 Å². The van der Waals surface area contributed by atoms with E-state index in [9.17, 15) is 5.11 Å². The lowest BCUT2D eigenvalue weighted by atomic mass is 9.92. The Morgan fingerprint density at radius 1 is 1.21 bits per heavy atom. The fourth-order valence-electron chi connectivity index (χ4n) is 6.61. The van der Waals surface area contributed by atoms with Gasteiger partial charge in [0.25, 0.3) is 0 Å². The van der Waals surface area contributed by atoms with Crippen molar-refractivity contribution in [3.8, 4) is 5.75 Å². The molecule has 1 aromatic carbocycles. The molecule has 0 saturated carbocycles. The molecule has 7 nitrogen and oxygen atoms in total. The monoisotopic (exact) mass is 515 g/mol. The maximum absolute atomic E-state index is 11.4. The summed E-state index contributed by atoms with van der Waals surface area (Å²) in [5.41, 5.74) is 3.23. The number of nitrogens with one attached hydrogen (secondary N) is 1. The molecule has 0 amide bonds. The second-order valence-electron chi connectivity index (χ2n) is 10.8. The third-order valence-corrected chi connectivity index (χ3v) is 8.47. The average molecular weight is 516 g/mol. The number of piperidine rings is 1. The molecule has 4 unspecified atom stereocenters. The lowest BCUT2D eigenvalue weighted by Gasteiger charge is -2.41. The summed E-state index contributed by atoms with van der Waals surface area (Å²) >= 11 is 0. The number of benzene rings is 1. The average Bonchev–Trinajstić information content (AvgIpc) is 3.19. The summed E-state index contributed by atoms with van der Waals surface area (Å²) in [5, 5.41) is 16.3. The summed E-state index contributed by atoms with van der Waals surface area (Å²) in [4.78, 5) is 7.05. The van der Waals surface area contributed by atoms with Gasteiger partial charge in [-0.15, -0.1) is 0 Å². The minimum absolute atomic E-state index is 0.0809. The molecule has 0 spiro atoms. The quantitative estimate of drug-likeness (QED) is 0.472. The van der Waals surface area contributed by atoms with E-state index in [2.05, 4.69) is 33.4 Å². The molecule has 6 rings (SSSR count). The van der Waals surface area contributed by atoms with E-state index in [1.165, 1.54) is 18.4 Å². The Kier molecular flexibility index (Phi) is 7.49. The van der Waals surface area contributed by atoms with Crippen molar-refractivity contribution in [2.45, 2.75) is 75.2 Å². The van der Waals surface area contributed by atoms with Crippen LogP contribution < -0.4 is 10.1 Å². The molecular formula is C31H37N3O4. The predicted octanol–water partition coefficient (Wildman–Crippen LogP) is 5.26. The lowest BCUT2D eigenvalue weighted by Crippen LogP contribution is -2.52. The van der Waals surface area contributed by atoms with Gasteiger partial charge < -0.3 is 24.6 Å². The van der Waals surface area contributed by atoms with Crippen LogP contribution in [0.5, 0.6) is 5.75 Å². The van der Waals surface area contributed by atoms with Gasteiger partial charge in [0.05, 0.1) is 31.0 Å². The Balaban J connectivity index is 1.14. The van der Waals surface area contributed by atoms with Gasteiger partial charge in [-0.3, -0.25) is 9.88 Å². The van der Waals surface area contributed by atoms with Crippen LogP contribution in [0.2, 0.25) is 0 Å². The topological polar surface area (TPSA) is 76.1 Å². The standard InChI is InChI=1S/C31H37N3O4/c1-36-25-17-27-26(8-5-9-28(27)32-18-25)30(35)19-34-23-10-11-24(34)16-22(15-23)33-29(31-20-37-12-13-38-31)14-21-6-3-2-4-7-21/h2-3,5-6,8-9,12-13,17-18,20,22-24,29-30,33,35H,4,7,10-11,14-16,19H2,1H3. The normalized spacial score (nSPS) is 26.3. The smallest absolute Gasteiger partial charge is 0.155 e. The van der Waals surface area contributed by atoms with E-state index in [4.69, 9.17) is 14.2 Å². The van der Waals surface area contributed by atoms with Crippen LogP contribution in [-0.2, 0) is 9.47 Å². The van der Waals surface area contributed by atoms with E-state index >= 15 is 0 Å². The van der Waals surface area contributed by atoms with Gasteiger partial charge in [-0.25, -0.2) is 0 Å². The molecule has 2 aromatic rings. The number of ether oxygens (including phenoxy) is 3. The summed E-state index contributed by atoms with van der Waals surface area (Å²) < 4.78 is 16.7. The number of nitrogens with zero attached hydrogens (tertiary/aromatic N) is 2. The minimum atomic E-state index is -0.580. The molecule has 4 aliphatic rings. The zero-order valence-corrected chi connectivity index (χ0v) is 22.0. The molecule has 2 saturated heterocycles. The highest BCUT2D eigenvalue weighted by atomic mass is 16.5. The van der Waals surface area contributed by atoms with Crippen LogP contribution in [0.1, 0.15) is 56.6 Å². The van der Waals surface area contributed by atoms with Crippen molar-refractivity contribution in [1.82, 2.24) is 15.2 Å². The van der Waals surface area contributed by atoms with E-state index in [0.717, 1.165) is 54.3 Å². The van der Waals surface area contributed by atoms with Gasteiger partial charge in [-0.2, -0.15) is 0 Å². The summed E-state index contributed by atoms with van der Waals surface area (Å²) in [6, 6.07) is 9.34. The highest BCUT2D eigenvalue weighted by molar-refractivity contribution is 5.83. The van der Waals surface area contributed by atoms with Gasteiger partial charge in [0, 0.05) is 30.1 Å². The number of rotatable bonds is 9. The van der Waals surface area contributed by atoms with Crippen LogP contribution in [0, 0.1) is 0 Å². The molecule has 200 valence electrons. The molecule has 7 heteroatoms. The summed E-state index contributed by atoms with van der Waals surface area (Å²) in [7, 11) is 1.64. The fourth-order valence-corrected chi connectivity index (χ4v) is 6.61. The molecule has 4 atom stereocenters. The third-order valence-electron chi connectivity index (χ3n) is 8.47. The first-order chi connectivity index (χ1) is 18.7. The van der Waals surface area contributed by atoms with Crippen LogP contribution in [-0.4, -0.2) is 52.8 Å². The molecular weight excluding hydrogens is 478 g/mol. The Morgan fingerprint density at radius 3 is 2.82 bits per heavy atom. The zero-order chi connectivity index (χ0) is 25.9. The first-order valence-corrected chi connectivity index (χ1v) is 13.8. The first-order valence-electron chi connectivity index (χ1n) is 13.8. The number of allylic oxidation sites excluding steroid dienone is 3. The number of pyridine rings is 1. The van der Waals surface area contributed by atoms with Crippen molar-refractivity contribution in [2.24, 2.45) is 0 Å². The SMILES string of the molecule is COc1cnc2cccc(C(O)CN3C4CCC3CC(NC(CC3=CC=CCC3)C3=COC=CO3)C4)c2c1. The van der Waals surface area contributed by atoms with Crippen LogP contribution >= 0.6 is 0 Å². The minimum Gasteiger partial charge on any atom is -0.495 e. The van der Waals surface area contributed by atoms with Crippen LogP contribution in [0.4, 0.5) is 0 Å². The highest BCUT2D eigenvalue weighted by Crippen LogP contribution is 2.38. The van der Waals surface area contributed by atoms with E-state index in [-0.39, 0.29) is 6.04 Å². The largest absolute Gasteiger partial charge is 0.495 e. The number of aromatic nitrogens is 1. The highest BCUT2D eigenvalue weighted by Gasteiger charge is 2.42. The Labute approximate surface area is 224 Å². The summed E-state index contributed by atoms with van der Waals surface area (Å²) in [5.74, 6) is 1.55. The summed E-state index contributed by atoms with van der Waals surface area (Å²) in [6.07, 6.45) is 20.3. The molecule has 2 bridgehead atoms. The molecule has 3 aliphatic heterocycles. The maximum Gasteiger partial charge on any atom is 0.155 e. The van der Waals surface area contributed by atoms with Crippen molar-refractivity contribution < 1.29 is 19.3 Å². The second kappa shape index (κ2) is 11.3. The lowest BCUT2D eigenvalue weighted by molar-refractivity contribution is 0.0502. The number of hydrogen-bond donors (Lipinski definition) is 2. The van der Waals surface area contributed by atoms with Gasteiger partial charge in [0.1, 0.15) is 24.5 Å². The second-order valence-corrected chi connectivity index (χ2v) is 10.8. The summed E-state index contributed by atoms with van der Waals surface area (Å²) in [6.45, 7) is 0.633. The molecule has 4 heterocycles. The van der Waals surface area contributed by atoms with Gasteiger partial charge in [0.15, 0.2) is 5.76 Å². The molecule has 2 fully saturated rings. The number of methoxy groups -OCH3 is 1. The predicted molar refractivity (Wildman–Crippen MR) is 147 cm³/mol. The number of fused-ring (bicyclic) bond motifs is 3. The van der Waals surface area contributed by atoms with Crippen molar-refractivity contribution in [1.29, 1.82) is 0 Å². The van der Waals surface area contributed by atoms with Crippen molar-refractivity contribution >= 4 is 10.9 Å². The van der Waals surface area contributed by atoms with Gasteiger partial charge in [-0.05, 0) is 62.6 Å². The Morgan fingerprint density at radius 2 is 2.08 bits per heavy atom. The maximum atomic E-state index is 11.4. The fraction of sp³-hybridized carbons (Fsp3) is 0.452. The molecule has 0 radical (unpaired) electrons. The third kappa shape index (κ3) is 5.37. The van der Waals surface area contributed by atoms with E-state index in [0.29, 0.717) is 30.4 Å². The van der Waals surface area contributed by atoms with Crippen molar-refractivity contribution in [3.05, 3.63) is 84.4 Å². The van der Waals surface area contributed by atoms with E-state index < -0.39 is 6.10 Å². The van der Waals surface area contributed by atoms with E-state index in [1.807, 2.05) is 24.3 Å². The molecule has 38 heavy (non-hydrogen) atoms. The Hall–Kier alpha value is -3.13. The molecule has 2 N–H and O–H groups in total. The molecule has 1 aliphatic carbocycles.